The molecule has 1 atom stereocenters. The first-order valence-corrected chi connectivity index (χ1v) is 5.50. The first-order chi connectivity index (χ1) is 6.22. The van der Waals surface area contributed by atoms with Crippen molar-refractivity contribution in [2.75, 3.05) is 0 Å². The zero-order valence-corrected chi connectivity index (χ0v) is 10.3. The molecule has 0 aliphatic heterocycles. The third-order valence-corrected chi connectivity index (χ3v) is 2.26. The summed E-state index contributed by atoms with van der Waals surface area (Å²) in [7, 11) is 0. The van der Waals surface area contributed by atoms with E-state index in [0.29, 0.717) is 12.3 Å². The van der Waals surface area contributed by atoms with E-state index in [1.807, 2.05) is 0 Å². The quantitative estimate of drug-likeness (QED) is 0.740. The largest absolute Gasteiger partial charge is 0.322 e. The van der Waals surface area contributed by atoms with Gasteiger partial charge in [0.15, 0.2) is 0 Å². The van der Waals surface area contributed by atoms with E-state index in [2.05, 4.69) is 34.6 Å². The highest BCUT2D eigenvalue weighted by molar-refractivity contribution is 5.83. The van der Waals surface area contributed by atoms with Crippen molar-refractivity contribution in [1.82, 2.24) is 0 Å². The van der Waals surface area contributed by atoms with Gasteiger partial charge in [-0.2, -0.15) is 0 Å². The lowest BCUT2D eigenvalue weighted by molar-refractivity contribution is -0.121. The Balaban J connectivity index is 3.85. The van der Waals surface area contributed by atoms with Gasteiger partial charge < -0.3 is 5.73 Å². The van der Waals surface area contributed by atoms with Crippen LogP contribution < -0.4 is 5.73 Å². The van der Waals surface area contributed by atoms with Crippen molar-refractivity contribution in [3.8, 4) is 0 Å². The predicted molar refractivity (Wildman–Crippen MR) is 61.1 cm³/mol. The molecule has 0 saturated carbocycles. The van der Waals surface area contributed by atoms with Crippen molar-refractivity contribution in [2.24, 2.45) is 17.1 Å². The van der Waals surface area contributed by atoms with E-state index in [9.17, 15) is 4.79 Å². The van der Waals surface area contributed by atoms with Gasteiger partial charge >= 0.3 is 0 Å². The van der Waals surface area contributed by atoms with Crippen LogP contribution in [-0.2, 0) is 4.79 Å². The fourth-order valence-corrected chi connectivity index (χ4v) is 1.32. The van der Waals surface area contributed by atoms with Gasteiger partial charge in [0.1, 0.15) is 5.78 Å². The van der Waals surface area contributed by atoms with Crippen LogP contribution >= 0.6 is 0 Å². The Bertz CT molecular complexity index is 179. The number of carbonyl (C=O) groups excluding carboxylic acids is 1. The SMILES string of the molecule is CC(C)CC(N)C(=O)CCC(C)(C)C. The van der Waals surface area contributed by atoms with Crippen LogP contribution in [0.25, 0.3) is 0 Å². The predicted octanol–water partition coefficient (Wildman–Crippen LogP) is 2.76. The summed E-state index contributed by atoms with van der Waals surface area (Å²) in [5.41, 5.74) is 6.03. The lowest BCUT2D eigenvalue weighted by Crippen LogP contribution is -2.32. The molecule has 14 heavy (non-hydrogen) atoms. The highest BCUT2D eigenvalue weighted by atomic mass is 16.1. The van der Waals surface area contributed by atoms with E-state index < -0.39 is 0 Å². The highest BCUT2D eigenvalue weighted by Gasteiger charge is 2.18. The number of rotatable bonds is 5. The van der Waals surface area contributed by atoms with Gasteiger partial charge in [-0.05, 0) is 24.2 Å². The van der Waals surface area contributed by atoms with E-state index in [1.54, 1.807) is 0 Å². The van der Waals surface area contributed by atoms with E-state index >= 15 is 0 Å². The maximum Gasteiger partial charge on any atom is 0.149 e. The molecule has 2 nitrogen and oxygen atoms in total. The summed E-state index contributed by atoms with van der Waals surface area (Å²) in [6, 6.07) is -0.252. The highest BCUT2D eigenvalue weighted by Crippen LogP contribution is 2.21. The normalized spacial score (nSPS) is 14.5. The van der Waals surface area contributed by atoms with Crippen LogP contribution in [0.1, 0.15) is 53.9 Å². The molecule has 84 valence electrons. The zero-order chi connectivity index (χ0) is 11.4. The average molecular weight is 199 g/mol. The molecule has 0 amide bonds. The van der Waals surface area contributed by atoms with Crippen molar-refractivity contribution in [1.29, 1.82) is 0 Å². The van der Waals surface area contributed by atoms with Crippen molar-refractivity contribution >= 4 is 5.78 Å². The van der Waals surface area contributed by atoms with E-state index in [1.165, 1.54) is 0 Å². The molecule has 0 aromatic rings. The molecule has 0 aromatic heterocycles. The smallest absolute Gasteiger partial charge is 0.149 e. The van der Waals surface area contributed by atoms with Gasteiger partial charge in [-0.3, -0.25) is 4.79 Å². The fourth-order valence-electron chi connectivity index (χ4n) is 1.32. The van der Waals surface area contributed by atoms with Gasteiger partial charge in [0.25, 0.3) is 0 Å². The van der Waals surface area contributed by atoms with Crippen LogP contribution in [0.3, 0.4) is 0 Å². The first-order valence-electron chi connectivity index (χ1n) is 5.50. The summed E-state index contributed by atoms with van der Waals surface area (Å²) in [5.74, 6) is 0.720. The standard InChI is InChI=1S/C12H25NO/c1-9(2)8-10(13)11(14)6-7-12(3,4)5/h9-10H,6-8,13H2,1-5H3. The summed E-state index contributed by atoms with van der Waals surface area (Å²) in [5, 5.41) is 0. The third-order valence-electron chi connectivity index (χ3n) is 2.26. The number of carbonyl (C=O) groups is 1. The molecular weight excluding hydrogens is 174 g/mol. The number of hydrogen-bond acceptors (Lipinski definition) is 2. The minimum Gasteiger partial charge on any atom is -0.322 e. The van der Waals surface area contributed by atoms with Crippen LogP contribution in [0.4, 0.5) is 0 Å². The molecule has 0 bridgehead atoms. The Morgan fingerprint density at radius 1 is 1.29 bits per heavy atom. The lowest BCUT2D eigenvalue weighted by atomic mass is 9.87. The topological polar surface area (TPSA) is 43.1 Å². The van der Waals surface area contributed by atoms with E-state index in [-0.39, 0.29) is 17.2 Å². The molecule has 0 saturated heterocycles. The van der Waals surface area contributed by atoms with Gasteiger partial charge in [-0.25, -0.2) is 0 Å². The molecule has 0 radical (unpaired) electrons. The molecule has 0 fully saturated rings. The Labute approximate surface area is 88.3 Å². The maximum absolute atomic E-state index is 11.6. The van der Waals surface area contributed by atoms with Crippen LogP contribution in [-0.4, -0.2) is 11.8 Å². The minimum atomic E-state index is -0.252. The molecule has 0 rings (SSSR count). The molecule has 2 heteroatoms. The number of ketones is 1. The Morgan fingerprint density at radius 2 is 1.79 bits per heavy atom. The summed E-state index contributed by atoms with van der Waals surface area (Å²) in [4.78, 5) is 11.6. The summed E-state index contributed by atoms with van der Waals surface area (Å²) < 4.78 is 0. The molecule has 0 spiro atoms. The van der Waals surface area contributed by atoms with Crippen LogP contribution in [0.2, 0.25) is 0 Å². The summed E-state index contributed by atoms with van der Waals surface area (Å²) in [6.45, 7) is 10.6. The first kappa shape index (κ1) is 13.6. The third kappa shape index (κ3) is 7.07. The summed E-state index contributed by atoms with van der Waals surface area (Å²) >= 11 is 0. The van der Waals surface area contributed by atoms with Gasteiger partial charge in [-0.15, -0.1) is 0 Å². The van der Waals surface area contributed by atoms with Crippen LogP contribution in [0.5, 0.6) is 0 Å². The van der Waals surface area contributed by atoms with Gasteiger partial charge in [0, 0.05) is 6.42 Å². The fraction of sp³-hybridized carbons (Fsp3) is 0.917. The van der Waals surface area contributed by atoms with Crippen molar-refractivity contribution < 1.29 is 4.79 Å². The number of Topliss-reactive ketones (excluding diaryl/α,β-unsaturated/α-hetero) is 1. The number of nitrogens with two attached hydrogens (primary N) is 1. The van der Waals surface area contributed by atoms with Crippen LogP contribution in [0, 0.1) is 11.3 Å². The molecule has 0 aliphatic rings. The van der Waals surface area contributed by atoms with Crippen molar-refractivity contribution in [3.63, 3.8) is 0 Å². The second-order valence-corrected chi connectivity index (χ2v) is 5.76. The lowest BCUT2D eigenvalue weighted by Gasteiger charge is -2.19. The Morgan fingerprint density at radius 3 is 2.14 bits per heavy atom. The van der Waals surface area contributed by atoms with Crippen molar-refractivity contribution in [2.45, 2.75) is 59.9 Å². The van der Waals surface area contributed by atoms with E-state index in [4.69, 9.17) is 5.73 Å². The Kier molecular flexibility index (Phi) is 5.35. The monoisotopic (exact) mass is 199 g/mol. The second-order valence-electron chi connectivity index (χ2n) is 5.76. The minimum absolute atomic E-state index is 0.216. The van der Waals surface area contributed by atoms with E-state index in [0.717, 1.165) is 12.8 Å². The average Bonchev–Trinajstić information content (AvgIpc) is 1.97. The molecular formula is C12H25NO. The Hall–Kier alpha value is -0.370. The van der Waals surface area contributed by atoms with Gasteiger partial charge in [0.2, 0.25) is 0 Å². The summed E-state index contributed by atoms with van der Waals surface area (Å²) in [6.07, 6.45) is 2.36. The van der Waals surface area contributed by atoms with Gasteiger partial charge in [-0.1, -0.05) is 34.6 Å². The second kappa shape index (κ2) is 5.50. The molecule has 0 aromatic carbocycles. The van der Waals surface area contributed by atoms with Crippen molar-refractivity contribution in [3.05, 3.63) is 0 Å². The maximum atomic E-state index is 11.6. The molecule has 0 heterocycles. The molecule has 0 aliphatic carbocycles. The van der Waals surface area contributed by atoms with Crippen LogP contribution in [0.15, 0.2) is 0 Å². The molecule has 1 unspecified atom stereocenters. The number of hydrogen-bond donors (Lipinski definition) is 1. The zero-order valence-electron chi connectivity index (χ0n) is 10.3. The molecule has 2 N–H and O–H groups in total. The van der Waals surface area contributed by atoms with Gasteiger partial charge in [0.05, 0.1) is 6.04 Å².